The third kappa shape index (κ3) is 1.56. The molecular formula is C20H14O2S2. The minimum Gasteiger partial charge on any atom is -0.288 e. The van der Waals surface area contributed by atoms with Crippen molar-refractivity contribution in [2.45, 2.75) is 12.8 Å². The van der Waals surface area contributed by atoms with Crippen LogP contribution >= 0.6 is 23.5 Å². The lowest BCUT2D eigenvalue weighted by molar-refractivity contribution is -0.114. The smallest absolute Gasteiger partial charge is 0.198 e. The number of fused-ring (bicyclic) bond motifs is 1. The molecule has 0 aromatic rings. The average Bonchev–Trinajstić information content (AvgIpc) is 3.18. The molecule has 24 heavy (non-hydrogen) atoms. The molecule has 0 aromatic carbocycles. The molecule has 118 valence electrons. The van der Waals surface area contributed by atoms with E-state index in [0.717, 1.165) is 28.9 Å². The van der Waals surface area contributed by atoms with Gasteiger partial charge in [0.2, 0.25) is 0 Å². The third-order valence-electron chi connectivity index (χ3n) is 5.82. The zero-order valence-electron chi connectivity index (χ0n) is 12.8. The van der Waals surface area contributed by atoms with Crippen LogP contribution in [0, 0.1) is 23.7 Å². The lowest BCUT2D eigenvalue weighted by Gasteiger charge is -2.30. The van der Waals surface area contributed by atoms with Crippen molar-refractivity contribution in [2.24, 2.45) is 23.7 Å². The van der Waals surface area contributed by atoms with E-state index in [-0.39, 0.29) is 29.3 Å². The maximum atomic E-state index is 13.1. The first-order chi connectivity index (χ1) is 11.7. The summed E-state index contributed by atoms with van der Waals surface area (Å²) >= 11 is 3.14. The van der Waals surface area contributed by atoms with Crippen molar-refractivity contribution in [1.29, 1.82) is 0 Å². The number of allylic oxidation sites excluding steroid dienone is 12. The third-order valence-corrected chi connectivity index (χ3v) is 8.59. The van der Waals surface area contributed by atoms with Gasteiger partial charge in [0.25, 0.3) is 0 Å². The van der Waals surface area contributed by atoms with E-state index in [9.17, 15) is 9.59 Å². The van der Waals surface area contributed by atoms with Gasteiger partial charge in [-0.15, -0.1) is 0 Å². The highest BCUT2D eigenvalue weighted by atomic mass is 32.2. The Bertz CT molecular complexity index is 875. The van der Waals surface area contributed by atoms with Gasteiger partial charge in [-0.2, -0.15) is 0 Å². The van der Waals surface area contributed by atoms with Crippen LogP contribution in [0.3, 0.4) is 0 Å². The lowest BCUT2D eigenvalue weighted by Crippen LogP contribution is -2.22. The van der Waals surface area contributed by atoms with E-state index >= 15 is 0 Å². The molecule has 4 bridgehead atoms. The van der Waals surface area contributed by atoms with Crippen LogP contribution in [-0.4, -0.2) is 11.6 Å². The van der Waals surface area contributed by atoms with Crippen LogP contribution < -0.4 is 0 Å². The molecule has 0 radical (unpaired) electrons. The summed E-state index contributed by atoms with van der Waals surface area (Å²) in [5, 5.41) is 0. The van der Waals surface area contributed by atoms with Gasteiger partial charge in [0, 0.05) is 44.6 Å². The van der Waals surface area contributed by atoms with Gasteiger partial charge in [-0.3, -0.25) is 9.59 Å². The van der Waals surface area contributed by atoms with E-state index in [4.69, 9.17) is 0 Å². The minimum atomic E-state index is 0.0923. The second-order valence-corrected chi connectivity index (χ2v) is 9.18. The molecule has 2 atom stereocenters. The van der Waals surface area contributed by atoms with Gasteiger partial charge in [0.05, 0.1) is 9.81 Å². The Kier molecular flexibility index (Phi) is 2.61. The minimum absolute atomic E-state index is 0.0923. The first-order valence-corrected chi connectivity index (χ1v) is 10.1. The predicted molar refractivity (Wildman–Crippen MR) is 96.9 cm³/mol. The van der Waals surface area contributed by atoms with Gasteiger partial charge in [-0.05, 0) is 12.8 Å². The molecule has 2 aliphatic heterocycles. The summed E-state index contributed by atoms with van der Waals surface area (Å²) in [6.07, 6.45) is 15.2. The Hall–Kier alpha value is -1.52. The summed E-state index contributed by atoms with van der Waals surface area (Å²) < 4.78 is 0. The van der Waals surface area contributed by atoms with Crippen LogP contribution in [0.25, 0.3) is 0 Å². The van der Waals surface area contributed by atoms with Crippen molar-refractivity contribution in [1.82, 2.24) is 0 Å². The Labute approximate surface area is 148 Å². The summed E-state index contributed by atoms with van der Waals surface area (Å²) in [6, 6.07) is 0. The monoisotopic (exact) mass is 350 g/mol. The molecule has 0 saturated carbocycles. The van der Waals surface area contributed by atoms with Gasteiger partial charge in [-0.1, -0.05) is 60.0 Å². The molecule has 2 unspecified atom stereocenters. The number of thioether (sulfide) groups is 2. The highest BCUT2D eigenvalue weighted by Gasteiger charge is 2.46. The van der Waals surface area contributed by atoms with Gasteiger partial charge in [-0.25, -0.2) is 0 Å². The van der Waals surface area contributed by atoms with E-state index in [1.54, 1.807) is 23.5 Å². The van der Waals surface area contributed by atoms with Crippen LogP contribution in [0.4, 0.5) is 0 Å². The van der Waals surface area contributed by atoms with Crippen LogP contribution in [0.1, 0.15) is 12.8 Å². The average molecular weight is 350 g/mol. The van der Waals surface area contributed by atoms with E-state index in [0.29, 0.717) is 15.7 Å². The van der Waals surface area contributed by atoms with Crippen LogP contribution in [0.15, 0.2) is 67.2 Å². The number of carbonyl (C=O) groups is 2. The maximum Gasteiger partial charge on any atom is 0.198 e. The molecular weight excluding hydrogens is 336 g/mol. The van der Waals surface area contributed by atoms with Crippen molar-refractivity contribution in [2.75, 3.05) is 0 Å². The van der Waals surface area contributed by atoms with Gasteiger partial charge < -0.3 is 0 Å². The van der Waals surface area contributed by atoms with E-state index in [1.807, 2.05) is 0 Å². The van der Waals surface area contributed by atoms with Crippen LogP contribution in [0.5, 0.6) is 0 Å². The Morgan fingerprint density at radius 1 is 0.667 bits per heavy atom. The first kappa shape index (κ1) is 13.7. The summed E-state index contributed by atoms with van der Waals surface area (Å²) in [7, 11) is 0. The van der Waals surface area contributed by atoms with E-state index in [1.165, 1.54) is 4.91 Å². The Morgan fingerprint density at radius 2 is 1.25 bits per heavy atom. The van der Waals surface area contributed by atoms with Gasteiger partial charge in [0.15, 0.2) is 11.6 Å². The van der Waals surface area contributed by atoms with E-state index < -0.39 is 0 Å². The summed E-state index contributed by atoms with van der Waals surface area (Å²) in [4.78, 5) is 29.9. The largest absolute Gasteiger partial charge is 0.288 e. The normalized spacial score (nSPS) is 41.2. The molecule has 8 rings (SSSR count). The topological polar surface area (TPSA) is 34.1 Å². The number of rotatable bonds is 0. The SMILES string of the molecule is O=C1C2=C(S/C1=C1/SC3=C(C1=O)C1C=CC3CC1)C1C=CC2C=C1. The van der Waals surface area contributed by atoms with Crippen LogP contribution in [-0.2, 0) is 9.59 Å². The highest BCUT2D eigenvalue weighted by Crippen LogP contribution is 2.59. The summed E-state index contributed by atoms with van der Waals surface area (Å²) in [5.41, 5.74) is 1.90. The fraction of sp³-hybridized carbons (Fsp3) is 0.300. The van der Waals surface area contributed by atoms with Gasteiger partial charge >= 0.3 is 0 Å². The van der Waals surface area contributed by atoms with Gasteiger partial charge in [0.1, 0.15) is 0 Å². The zero-order valence-corrected chi connectivity index (χ0v) is 14.5. The first-order valence-electron chi connectivity index (χ1n) is 8.45. The lowest BCUT2D eigenvalue weighted by atomic mass is 9.75. The quantitative estimate of drug-likeness (QED) is 0.482. The van der Waals surface area contributed by atoms with Crippen molar-refractivity contribution >= 4 is 35.1 Å². The Balaban J connectivity index is 1.42. The molecule has 4 heteroatoms. The molecule has 0 amide bonds. The Morgan fingerprint density at radius 3 is 1.88 bits per heavy atom. The molecule has 0 aromatic heterocycles. The highest BCUT2D eigenvalue weighted by molar-refractivity contribution is 8.12. The molecule has 0 spiro atoms. The van der Waals surface area contributed by atoms with Crippen LogP contribution in [0.2, 0.25) is 0 Å². The number of ketones is 2. The number of carbonyl (C=O) groups excluding carboxylic acids is 2. The predicted octanol–water partition coefficient (Wildman–Crippen LogP) is 4.31. The van der Waals surface area contributed by atoms with E-state index in [2.05, 4.69) is 36.5 Å². The fourth-order valence-corrected chi connectivity index (χ4v) is 7.43. The number of hydrogen-bond acceptors (Lipinski definition) is 4. The molecule has 8 aliphatic rings. The summed E-state index contributed by atoms with van der Waals surface area (Å²) in [5.74, 6) is 1.20. The second-order valence-electron chi connectivity index (χ2n) is 7.07. The van der Waals surface area contributed by atoms with Crippen molar-refractivity contribution < 1.29 is 9.59 Å². The molecule has 0 saturated heterocycles. The summed E-state index contributed by atoms with van der Waals surface area (Å²) in [6.45, 7) is 0. The number of Topliss-reactive ketones (excluding diaryl/α,β-unsaturated/α-hetero) is 2. The van der Waals surface area contributed by atoms with Crippen molar-refractivity contribution in [3.63, 3.8) is 0 Å². The van der Waals surface area contributed by atoms with Crippen molar-refractivity contribution in [3.05, 3.63) is 67.2 Å². The molecule has 0 fully saturated rings. The fourth-order valence-electron chi connectivity index (χ4n) is 4.63. The number of hydrogen-bond donors (Lipinski definition) is 0. The maximum absolute atomic E-state index is 13.1. The molecule has 2 heterocycles. The zero-order chi connectivity index (χ0) is 16.0. The molecule has 6 aliphatic carbocycles. The van der Waals surface area contributed by atoms with Crippen molar-refractivity contribution in [3.8, 4) is 0 Å². The standard InChI is InChI=1S/C20H14O2S2/c21-15-13-9-1-5-11(6-2-9)17(13)23-19(15)20-16(22)14-10-3-7-12(8-4-10)18(14)24-20/h1-3,5-7,9-12H,4,8H2/b20-19+. The second kappa shape index (κ2) is 4.55. The molecule has 2 nitrogen and oxygen atoms in total. The molecule has 0 N–H and O–H groups in total.